The van der Waals surface area contributed by atoms with E-state index in [-0.39, 0.29) is 18.1 Å². The third-order valence-electron chi connectivity index (χ3n) is 6.30. The first kappa shape index (κ1) is 21.9. The maximum Gasteiger partial charge on any atom is 0.134 e. The molecular weight excluding hydrogens is 441 g/mol. The van der Waals surface area contributed by atoms with E-state index in [9.17, 15) is 4.39 Å². The molecule has 1 aliphatic heterocycles. The van der Waals surface area contributed by atoms with Gasteiger partial charge in [0.1, 0.15) is 17.0 Å². The third-order valence-corrected chi connectivity index (χ3v) is 6.53. The minimum Gasteiger partial charge on any atom is -0.370 e. The molecule has 3 atom stereocenters. The van der Waals surface area contributed by atoms with Crippen LogP contribution in [0.25, 0.3) is 22.3 Å². The molecule has 1 fully saturated rings. The largest absolute Gasteiger partial charge is 0.370 e. The molecule has 1 aliphatic rings. The topological polar surface area (TPSA) is 65.7 Å². The van der Waals surface area contributed by atoms with Crippen LogP contribution in [-0.4, -0.2) is 30.8 Å². The van der Waals surface area contributed by atoms with Crippen molar-refractivity contribution in [1.82, 2.24) is 24.7 Å². The van der Waals surface area contributed by atoms with Crippen LogP contribution in [0, 0.1) is 19.7 Å². The Kier molecular flexibility index (Phi) is 5.62. The molecule has 0 aliphatic carbocycles. The maximum absolute atomic E-state index is 15.0. The highest BCUT2D eigenvalue weighted by Gasteiger charge is 2.31. The van der Waals surface area contributed by atoms with Gasteiger partial charge < -0.3 is 4.74 Å². The number of hydrogen-bond acceptors (Lipinski definition) is 5. The van der Waals surface area contributed by atoms with Crippen LogP contribution in [0.3, 0.4) is 0 Å². The lowest BCUT2D eigenvalue weighted by atomic mass is 9.87. The lowest BCUT2D eigenvalue weighted by Crippen LogP contribution is -2.25. The second-order valence-electron chi connectivity index (χ2n) is 8.83. The van der Waals surface area contributed by atoms with E-state index in [0.29, 0.717) is 27.3 Å². The zero-order valence-corrected chi connectivity index (χ0v) is 19.8. The SMILES string of the molecule is Cc1nc2cc([C@@H]3C[C@H](C)O[C@@H](c4cnn(C)c4)C3)nc(-c3ccc(Cl)cc3F)c2nc1C. The summed E-state index contributed by atoms with van der Waals surface area (Å²) in [5.74, 6) is -0.303. The van der Waals surface area contributed by atoms with E-state index in [2.05, 4.69) is 12.0 Å². The molecule has 0 saturated carbocycles. The van der Waals surface area contributed by atoms with Gasteiger partial charge in [-0.25, -0.2) is 19.3 Å². The first-order valence-electron chi connectivity index (χ1n) is 11.0. The summed E-state index contributed by atoms with van der Waals surface area (Å²) in [5.41, 5.74) is 5.71. The molecule has 33 heavy (non-hydrogen) atoms. The minimum absolute atomic E-state index is 0.0491. The standard InChI is InChI=1S/C25H25ClFN5O/c1-13-7-16(8-23(33-13)17-11-28-32(4)12-17)21-10-22-25(30-15(3)14(2)29-22)24(31-21)19-6-5-18(26)9-20(19)27/h5-6,9-13,16,23H,7-8H2,1-4H3/t13-,16+,23+/m0/s1. The third kappa shape index (κ3) is 4.23. The van der Waals surface area contributed by atoms with Gasteiger partial charge in [0.05, 0.1) is 35.3 Å². The van der Waals surface area contributed by atoms with Crippen molar-refractivity contribution >= 4 is 22.6 Å². The van der Waals surface area contributed by atoms with Crippen molar-refractivity contribution in [3.8, 4) is 11.3 Å². The summed E-state index contributed by atoms with van der Waals surface area (Å²) in [6.07, 6.45) is 5.38. The smallest absolute Gasteiger partial charge is 0.134 e. The fraction of sp³-hybridized carbons (Fsp3) is 0.360. The fourth-order valence-corrected chi connectivity index (χ4v) is 4.70. The summed E-state index contributed by atoms with van der Waals surface area (Å²) in [6.45, 7) is 5.90. The molecule has 0 amide bonds. The molecule has 0 unspecified atom stereocenters. The van der Waals surface area contributed by atoms with E-state index < -0.39 is 5.82 Å². The molecule has 5 rings (SSSR count). The highest BCUT2D eigenvalue weighted by atomic mass is 35.5. The molecule has 0 bridgehead atoms. The van der Waals surface area contributed by atoms with Crippen molar-refractivity contribution in [3.05, 3.63) is 70.1 Å². The van der Waals surface area contributed by atoms with Gasteiger partial charge in [0.15, 0.2) is 0 Å². The normalized spacial score (nSPS) is 21.0. The summed E-state index contributed by atoms with van der Waals surface area (Å²) in [7, 11) is 1.90. The summed E-state index contributed by atoms with van der Waals surface area (Å²) < 4.78 is 23.0. The number of pyridine rings is 1. The average Bonchev–Trinajstić information content (AvgIpc) is 3.20. The molecule has 1 saturated heterocycles. The van der Waals surface area contributed by atoms with Crippen LogP contribution >= 0.6 is 11.6 Å². The molecule has 8 heteroatoms. The van der Waals surface area contributed by atoms with Crippen molar-refractivity contribution in [1.29, 1.82) is 0 Å². The second kappa shape index (κ2) is 8.47. The fourth-order valence-electron chi connectivity index (χ4n) is 4.54. The number of benzene rings is 1. The number of fused-ring (bicyclic) bond motifs is 1. The first-order chi connectivity index (χ1) is 15.8. The summed E-state index contributed by atoms with van der Waals surface area (Å²) in [5, 5.41) is 4.63. The lowest BCUT2D eigenvalue weighted by Gasteiger charge is -2.33. The van der Waals surface area contributed by atoms with Crippen molar-refractivity contribution in [2.75, 3.05) is 0 Å². The highest BCUT2D eigenvalue weighted by Crippen LogP contribution is 2.41. The second-order valence-corrected chi connectivity index (χ2v) is 9.27. The number of halogens is 2. The van der Waals surface area contributed by atoms with Crippen molar-refractivity contribution in [3.63, 3.8) is 0 Å². The summed E-state index contributed by atoms with van der Waals surface area (Å²) in [6, 6.07) is 6.63. The number of ether oxygens (including phenoxy) is 1. The van der Waals surface area contributed by atoms with Crippen molar-refractivity contribution < 1.29 is 9.13 Å². The Morgan fingerprint density at radius 3 is 2.61 bits per heavy atom. The van der Waals surface area contributed by atoms with Crippen LogP contribution < -0.4 is 0 Å². The Labute approximate surface area is 196 Å². The molecule has 0 N–H and O–H groups in total. The Hall–Kier alpha value is -2.90. The average molecular weight is 466 g/mol. The van der Waals surface area contributed by atoms with Gasteiger partial charge in [-0.1, -0.05) is 11.6 Å². The van der Waals surface area contributed by atoms with Gasteiger partial charge >= 0.3 is 0 Å². The molecular formula is C25H25ClFN5O. The maximum atomic E-state index is 15.0. The zero-order valence-electron chi connectivity index (χ0n) is 19.0. The van der Waals surface area contributed by atoms with Crippen LogP contribution in [0.2, 0.25) is 5.02 Å². The Bertz CT molecular complexity index is 1350. The van der Waals surface area contributed by atoms with Gasteiger partial charge in [-0.15, -0.1) is 0 Å². The van der Waals surface area contributed by atoms with Crippen LogP contribution in [0.5, 0.6) is 0 Å². The highest BCUT2D eigenvalue weighted by molar-refractivity contribution is 6.30. The molecule has 6 nitrogen and oxygen atoms in total. The molecule has 170 valence electrons. The Morgan fingerprint density at radius 2 is 1.88 bits per heavy atom. The van der Waals surface area contributed by atoms with Gasteiger partial charge in [0.25, 0.3) is 0 Å². The van der Waals surface area contributed by atoms with E-state index in [0.717, 1.165) is 35.5 Å². The molecule has 0 radical (unpaired) electrons. The summed E-state index contributed by atoms with van der Waals surface area (Å²) in [4.78, 5) is 14.5. The number of aryl methyl sites for hydroxylation is 3. The van der Waals surface area contributed by atoms with E-state index in [4.69, 9.17) is 31.3 Å². The van der Waals surface area contributed by atoms with E-state index >= 15 is 0 Å². The molecule has 0 spiro atoms. The molecule has 3 aromatic heterocycles. The number of hydrogen-bond donors (Lipinski definition) is 0. The zero-order chi connectivity index (χ0) is 23.3. The molecule has 1 aromatic carbocycles. The van der Waals surface area contributed by atoms with Gasteiger partial charge in [-0.2, -0.15) is 5.10 Å². The number of nitrogens with zero attached hydrogens (tertiary/aromatic N) is 5. The monoisotopic (exact) mass is 465 g/mol. The van der Waals surface area contributed by atoms with Crippen molar-refractivity contribution in [2.45, 2.75) is 51.7 Å². The van der Waals surface area contributed by atoms with E-state index in [1.54, 1.807) is 16.8 Å². The minimum atomic E-state index is -0.429. The molecule has 4 aromatic rings. The van der Waals surface area contributed by atoms with E-state index in [1.807, 2.05) is 39.4 Å². The van der Waals surface area contributed by atoms with Gasteiger partial charge in [-0.05, 0) is 57.9 Å². The van der Waals surface area contributed by atoms with Gasteiger partial charge in [0.2, 0.25) is 0 Å². The lowest BCUT2D eigenvalue weighted by molar-refractivity contribution is -0.0506. The van der Waals surface area contributed by atoms with Crippen LogP contribution in [-0.2, 0) is 11.8 Å². The Morgan fingerprint density at radius 1 is 1.09 bits per heavy atom. The van der Waals surface area contributed by atoms with Crippen LogP contribution in [0.15, 0.2) is 36.7 Å². The molecule has 4 heterocycles. The predicted molar refractivity (Wildman–Crippen MR) is 126 cm³/mol. The summed E-state index contributed by atoms with van der Waals surface area (Å²) >= 11 is 6.00. The number of aromatic nitrogens is 5. The first-order valence-corrected chi connectivity index (χ1v) is 11.4. The van der Waals surface area contributed by atoms with Crippen LogP contribution in [0.4, 0.5) is 4.39 Å². The number of rotatable bonds is 3. The van der Waals surface area contributed by atoms with Crippen molar-refractivity contribution in [2.24, 2.45) is 7.05 Å². The predicted octanol–water partition coefficient (Wildman–Crippen LogP) is 5.86. The quantitative estimate of drug-likeness (QED) is 0.379. The Balaban J connectivity index is 1.64. The van der Waals surface area contributed by atoms with Gasteiger partial charge in [0, 0.05) is 41.0 Å². The van der Waals surface area contributed by atoms with E-state index in [1.165, 1.54) is 6.07 Å². The van der Waals surface area contributed by atoms with Gasteiger partial charge in [-0.3, -0.25) is 4.68 Å². The van der Waals surface area contributed by atoms with Crippen LogP contribution in [0.1, 0.15) is 54.4 Å².